The van der Waals surface area contributed by atoms with Gasteiger partial charge in [-0.1, -0.05) is 13.8 Å². The molecule has 0 amide bonds. The van der Waals surface area contributed by atoms with Crippen LogP contribution in [0.25, 0.3) is 0 Å². The summed E-state index contributed by atoms with van der Waals surface area (Å²) in [5, 5.41) is 0. The Hall–Kier alpha value is -0.540. The Bertz CT molecular complexity index is 158. The van der Waals surface area contributed by atoms with E-state index >= 15 is 0 Å². The van der Waals surface area contributed by atoms with Gasteiger partial charge in [-0.3, -0.25) is 0 Å². The third-order valence-electron chi connectivity index (χ3n) is 1.46. The van der Waals surface area contributed by atoms with Gasteiger partial charge >= 0.3 is 6.18 Å². The second-order valence-corrected chi connectivity index (χ2v) is 3.26. The third-order valence-corrected chi connectivity index (χ3v) is 1.46. The van der Waals surface area contributed by atoms with Gasteiger partial charge in [-0.25, -0.2) is 0 Å². The van der Waals surface area contributed by atoms with E-state index in [1.54, 1.807) is 0 Å². The second kappa shape index (κ2) is 2.83. The summed E-state index contributed by atoms with van der Waals surface area (Å²) in [4.78, 5) is 10.4. The summed E-state index contributed by atoms with van der Waals surface area (Å²) in [7, 11) is 0. The van der Waals surface area contributed by atoms with Gasteiger partial charge in [0.25, 0.3) is 0 Å². The topological polar surface area (TPSA) is 17.1 Å². The quantitative estimate of drug-likeness (QED) is 0.619. The van der Waals surface area contributed by atoms with E-state index in [0.717, 1.165) is 20.8 Å². The highest BCUT2D eigenvalue weighted by Crippen LogP contribution is 2.40. The van der Waals surface area contributed by atoms with E-state index in [4.69, 9.17) is 0 Å². The Balaban J connectivity index is 4.34. The number of alkyl halides is 3. The number of hydrogen-bond acceptors (Lipinski definition) is 1. The Morgan fingerprint density at radius 1 is 1.27 bits per heavy atom. The summed E-state index contributed by atoms with van der Waals surface area (Å²) in [6.45, 7) is 3.20. The highest BCUT2D eigenvalue weighted by atomic mass is 19.4. The zero-order chi connectivity index (χ0) is 9.28. The lowest BCUT2D eigenvalue weighted by atomic mass is 9.87. The van der Waals surface area contributed by atoms with E-state index in [0.29, 0.717) is 0 Å². The first kappa shape index (κ1) is 10.5. The molecule has 0 N–H and O–H groups in total. The lowest BCUT2D eigenvalue weighted by molar-refractivity contribution is -0.213. The molecule has 0 saturated carbocycles. The van der Waals surface area contributed by atoms with Crippen LogP contribution in [0.3, 0.4) is 0 Å². The van der Waals surface area contributed by atoms with Crippen LogP contribution in [0.2, 0.25) is 0 Å². The van der Waals surface area contributed by atoms with E-state index in [2.05, 4.69) is 0 Å². The summed E-state index contributed by atoms with van der Waals surface area (Å²) in [5.74, 6) is -0.438. The van der Waals surface area contributed by atoms with Crippen LogP contribution in [0.5, 0.6) is 0 Å². The van der Waals surface area contributed by atoms with E-state index in [9.17, 15) is 18.0 Å². The largest absolute Gasteiger partial charge is 0.394 e. The molecular weight excluding hydrogens is 157 g/mol. The van der Waals surface area contributed by atoms with Gasteiger partial charge in [0.1, 0.15) is 5.78 Å². The molecule has 11 heavy (non-hydrogen) atoms. The molecule has 0 aliphatic rings. The number of Topliss-reactive ketones (excluding diaryl/α,β-unsaturated/α-hetero) is 1. The highest BCUT2D eigenvalue weighted by Gasteiger charge is 2.47. The summed E-state index contributed by atoms with van der Waals surface area (Å²) in [6, 6.07) is 0. The minimum Gasteiger partial charge on any atom is -0.300 e. The van der Waals surface area contributed by atoms with Crippen LogP contribution >= 0.6 is 0 Å². The van der Waals surface area contributed by atoms with Gasteiger partial charge < -0.3 is 4.79 Å². The monoisotopic (exact) mass is 168 g/mol. The van der Waals surface area contributed by atoms with Crippen molar-refractivity contribution in [3.8, 4) is 0 Å². The van der Waals surface area contributed by atoms with Crippen LogP contribution < -0.4 is 0 Å². The number of hydrogen-bond donors (Lipinski definition) is 0. The predicted octanol–water partition coefficient (Wildman–Crippen LogP) is 2.55. The van der Waals surface area contributed by atoms with Crippen molar-refractivity contribution in [1.29, 1.82) is 0 Å². The molecule has 0 aromatic rings. The van der Waals surface area contributed by atoms with Crippen molar-refractivity contribution in [2.45, 2.75) is 33.4 Å². The van der Waals surface area contributed by atoms with Crippen molar-refractivity contribution in [2.24, 2.45) is 5.41 Å². The van der Waals surface area contributed by atoms with Gasteiger partial charge in [-0.15, -0.1) is 0 Å². The fourth-order valence-electron chi connectivity index (χ4n) is 0.723. The molecule has 0 atom stereocenters. The molecule has 0 unspecified atom stereocenters. The summed E-state index contributed by atoms with van der Waals surface area (Å²) in [6.07, 6.45) is -4.74. The van der Waals surface area contributed by atoms with Crippen molar-refractivity contribution in [2.75, 3.05) is 0 Å². The second-order valence-electron chi connectivity index (χ2n) is 3.26. The lowest BCUT2D eigenvalue weighted by Gasteiger charge is -2.26. The fraction of sp³-hybridized carbons (Fsp3) is 0.857. The molecule has 0 saturated heterocycles. The molecule has 66 valence electrons. The first-order valence-electron chi connectivity index (χ1n) is 3.23. The van der Waals surface area contributed by atoms with Gasteiger partial charge in [0, 0.05) is 6.42 Å². The number of ketones is 1. The maximum absolute atomic E-state index is 12.0. The number of halogens is 3. The van der Waals surface area contributed by atoms with Gasteiger partial charge in [-0.2, -0.15) is 13.2 Å². The molecule has 0 aliphatic carbocycles. The molecule has 0 aromatic heterocycles. The van der Waals surface area contributed by atoms with E-state index in [1.807, 2.05) is 0 Å². The van der Waals surface area contributed by atoms with Crippen molar-refractivity contribution in [3.63, 3.8) is 0 Å². The first-order chi connectivity index (χ1) is 4.67. The van der Waals surface area contributed by atoms with Crippen molar-refractivity contribution >= 4 is 5.78 Å². The molecule has 0 radical (unpaired) electrons. The number of rotatable bonds is 2. The van der Waals surface area contributed by atoms with E-state index in [1.165, 1.54) is 0 Å². The average Bonchev–Trinajstić information content (AvgIpc) is 1.56. The molecule has 0 spiro atoms. The van der Waals surface area contributed by atoms with Gasteiger partial charge in [0.2, 0.25) is 0 Å². The van der Waals surface area contributed by atoms with Crippen LogP contribution in [0.15, 0.2) is 0 Å². The summed E-state index contributed by atoms with van der Waals surface area (Å²) < 4.78 is 36.1. The maximum Gasteiger partial charge on any atom is 0.394 e. The molecular formula is C7H11F3O. The standard InChI is InChI=1S/C7H11F3O/c1-5(11)4-6(2,3)7(8,9)10/h4H2,1-3H3. The summed E-state index contributed by atoms with van der Waals surface area (Å²) >= 11 is 0. The van der Waals surface area contributed by atoms with Gasteiger partial charge in [-0.05, 0) is 6.92 Å². The molecule has 0 heterocycles. The van der Waals surface area contributed by atoms with Crippen LogP contribution in [-0.2, 0) is 4.79 Å². The van der Waals surface area contributed by atoms with Gasteiger partial charge in [0.15, 0.2) is 0 Å². The van der Waals surface area contributed by atoms with Crippen LogP contribution in [-0.4, -0.2) is 12.0 Å². The summed E-state index contributed by atoms with van der Waals surface area (Å²) in [5.41, 5.74) is -1.89. The first-order valence-corrected chi connectivity index (χ1v) is 3.23. The zero-order valence-corrected chi connectivity index (χ0v) is 6.75. The van der Waals surface area contributed by atoms with Crippen molar-refractivity contribution in [1.82, 2.24) is 0 Å². The Labute approximate surface area is 63.6 Å². The Morgan fingerprint density at radius 2 is 1.64 bits per heavy atom. The Morgan fingerprint density at radius 3 is 1.73 bits per heavy atom. The van der Waals surface area contributed by atoms with Crippen LogP contribution in [0.1, 0.15) is 27.2 Å². The molecule has 0 aliphatic heterocycles. The van der Waals surface area contributed by atoms with Crippen molar-refractivity contribution in [3.05, 3.63) is 0 Å². The zero-order valence-electron chi connectivity index (χ0n) is 6.75. The SMILES string of the molecule is CC(=O)CC(C)(C)C(F)(F)F. The number of carbonyl (C=O) groups is 1. The predicted molar refractivity (Wildman–Crippen MR) is 35.1 cm³/mol. The Kier molecular flexibility index (Phi) is 2.69. The minimum atomic E-state index is -4.29. The van der Waals surface area contributed by atoms with E-state index < -0.39 is 23.8 Å². The minimum absolute atomic E-state index is 0.438. The molecule has 1 nitrogen and oxygen atoms in total. The van der Waals surface area contributed by atoms with E-state index in [-0.39, 0.29) is 0 Å². The molecule has 0 aromatic carbocycles. The molecule has 0 bridgehead atoms. The lowest BCUT2D eigenvalue weighted by Crippen LogP contribution is -2.33. The maximum atomic E-state index is 12.0. The normalized spacial score (nSPS) is 13.3. The van der Waals surface area contributed by atoms with Crippen LogP contribution in [0.4, 0.5) is 13.2 Å². The highest BCUT2D eigenvalue weighted by molar-refractivity contribution is 5.76. The van der Waals surface area contributed by atoms with Gasteiger partial charge in [0.05, 0.1) is 5.41 Å². The number of carbonyl (C=O) groups excluding carboxylic acids is 1. The van der Waals surface area contributed by atoms with Crippen molar-refractivity contribution < 1.29 is 18.0 Å². The fourth-order valence-corrected chi connectivity index (χ4v) is 0.723. The average molecular weight is 168 g/mol. The molecule has 4 heteroatoms. The van der Waals surface area contributed by atoms with Crippen LogP contribution in [0, 0.1) is 5.41 Å². The third kappa shape index (κ3) is 2.91. The molecule has 0 rings (SSSR count). The molecule has 0 fully saturated rings. The smallest absolute Gasteiger partial charge is 0.300 e.